The summed E-state index contributed by atoms with van der Waals surface area (Å²) in [5.74, 6) is 0. The van der Waals surface area contributed by atoms with Crippen molar-refractivity contribution >= 4 is 0 Å². The van der Waals surface area contributed by atoms with Crippen LogP contribution in [0.15, 0.2) is 43.0 Å². The van der Waals surface area contributed by atoms with Crippen LogP contribution in [0.3, 0.4) is 0 Å². The molecule has 0 atom stereocenters. The van der Waals surface area contributed by atoms with Gasteiger partial charge in [-0.05, 0) is 12.5 Å². The van der Waals surface area contributed by atoms with Crippen LogP contribution in [0.25, 0.3) is 0 Å². The third-order valence-electron chi connectivity index (χ3n) is 2.27. The molecule has 0 spiro atoms. The van der Waals surface area contributed by atoms with E-state index in [9.17, 15) is 0 Å². The summed E-state index contributed by atoms with van der Waals surface area (Å²) in [7, 11) is 2.03. The Balaban J connectivity index is 0.00000112. The minimum atomic E-state index is 0. The van der Waals surface area contributed by atoms with Gasteiger partial charge in [-0.1, -0.05) is 29.8 Å². The lowest BCUT2D eigenvalue weighted by atomic mass is 10.1. The van der Waals surface area contributed by atoms with Gasteiger partial charge in [0.15, 0.2) is 0 Å². The van der Waals surface area contributed by atoms with Crippen LogP contribution in [0.5, 0.6) is 0 Å². The number of aryl methyl sites for hydroxylation is 2. The van der Waals surface area contributed by atoms with E-state index < -0.39 is 0 Å². The summed E-state index contributed by atoms with van der Waals surface area (Å²) in [4.78, 5) is 0. The fraction of sp³-hybridized carbons (Fsp3) is 0.250. The van der Waals surface area contributed by atoms with Crippen molar-refractivity contribution in [2.24, 2.45) is 7.05 Å². The van der Waals surface area contributed by atoms with Crippen LogP contribution in [0.1, 0.15) is 11.1 Å². The van der Waals surface area contributed by atoms with E-state index in [4.69, 9.17) is 0 Å². The zero-order valence-corrected chi connectivity index (χ0v) is 9.09. The van der Waals surface area contributed by atoms with Crippen molar-refractivity contribution in [3.8, 4) is 0 Å². The summed E-state index contributed by atoms with van der Waals surface area (Å²) in [6.45, 7) is 3.07. The number of hydrogen-bond donors (Lipinski definition) is 0. The second kappa shape index (κ2) is 4.75. The highest BCUT2D eigenvalue weighted by Crippen LogP contribution is 2.05. The number of imidazole rings is 1. The first-order valence-electron chi connectivity index (χ1n) is 4.80. The van der Waals surface area contributed by atoms with Crippen LogP contribution < -0.4 is 4.57 Å². The SMILES string of the molecule is Cc1cccc(Cn2cc[n+](C)c2)c1.[OH-]. The molecule has 80 valence electrons. The summed E-state index contributed by atoms with van der Waals surface area (Å²) in [6, 6.07) is 8.61. The quantitative estimate of drug-likeness (QED) is 0.683. The van der Waals surface area contributed by atoms with Gasteiger partial charge in [-0.2, -0.15) is 0 Å². The summed E-state index contributed by atoms with van der Waals surface area (Å²) in [5.41, 5.74) is 2.67. The van der Waals surface area contributed by atoms with Gasteiger partial charge in [0.25, 0.3) is 0 Å². The van der Waals surface area contributed by atoms with Gasteiger partial charge in [0.1, 0.15) is 18.9 Å². The predicted molar refractivity (Wildman–Crippen MR) is 57.8 cm³/mol. The van der Waals surface area contributed by atoms with Gasteiger partial charge in [-0.15, -0.1) is 0 Å². The van der Waals surface area contributed by atoms with Crippen molar-refractivity contribution in [3.63, 3.8) is 0 Å². The molecule has 1 N–H and O–H groups in total. The van der Waals surface area contributed by atoms with Gasteiger partial charge in [0.2, 0.25) is 6.33 Å². The molecule has 0 saturated carbocycles. The van der Waals surface area contributed by atoms with Gasteiger partial charge in [0.05, 0.1) is 7.05 Å². The van der Waals surface area contributed by atoms with E-state index in [0.717, 1.165) is 6.54 Å². The largest absolute Gasteiger partial charge is 0.870 e. The van der Waals surface area contributed by atoms with Gasteiger partial charge >= 0.3 is 0 Å². The van der Waals surface area contributed by atoms with Crippen LogP contribution in [-0.4, -0.2) is 10.0 Å². The van der Waals surface area contributed by atoms with Gasteiger partial charge < -0.3 is 5.48 Å². The molecule has 3 nitrogen and oxygen atoms in total. The van der Waals surface area contributed by atoms with E-state index in [1.54, 1.807) is 0 Å². The Morgan fingerprint density at radius 1 is 1.33 bits per heavy atom. The minimum absolute atomic E-state index is 0. The molecule has 0 aliphatic rings. The zero-order chi connectivity index (χ0) is 9.97. The van der Waals surface area contributed by atoms with Crippen LogP contribution >= 0.6 is 0 Å². The monoisotopic (exact) mass is 204 g/mol. The average Bonchev–Trinajstić information content (AvgIpc) is 2.51. The molecular weight excluding hydrogens is 188 g/mol. The smallest absolute Gasteiger partial charge is 0.243 e. The van der Waals surface area contributed by atoms with E-state index in [1.807, 2.05) is 7.05 Å². The molecule has 1 aromatic heterocycles. The first-order valence-corrected chi connectivity index (χ1v) is 4.80. The van der Waals surface area contributed by atoms with Crippen molar-refractivity contribution in [2.45, 2.75) is 13.5 Å². The van der Waals surface area contributed by atoms with Crippen molar-refractivity contribution in [2.75, 3.05) is 0 Å². The Kier molecular flexibility index (Phi) is 3.63. The van der Waals surface area contributed by atoms with Gasteiger partial charge in [-0.3, -0.25) is 0 Å². The van der Waals surface area contributed by atoms with Crippen molar-refractivity contribution in [1.29, 1.82) is 0 Å². The van der Waals surface area contributed by atoms with E-state index in [2.05, 4.69) is 59.0 Å². The van der Waals surface area contributed by atoms with Crippen LogP contribution in [0, 0.1) is 6.92 Å². The highest BCUT2D eigenvalue weighted by atomic mass is 16.0. The standard InChI is InChI=1S/C12H15N2.H2O/c1-11-4-3-5-12(8-11)9-14-7-6-13(2)10-14;/h3-8,10H,9H2,1-2H3;1H2/q+1;/p-1. The maximum Gasteiger partial charge on any atom is 0.243 e. The molecule has 0 radical (unpaired) electrons. The second-order valence-electron chi connectivity index (χ2n) is 3.74. The molecule has 0 aliphatic carbocycles. The summed E-state index contributed by atoms with van der Waals surface area (Å²) >= 11 is 0. The summed E-state index contributed by atoms with van der Waals surface area (Å²) in [5, 5.41) is 0. The van der Waals surface area contributed by atoms with E-state index in [1.165, 1.54) is 11.1 Å². The normalized spacial score (nSPS) is 9.73. The number of benzene rings is 1. The third-order valence-corrected chi connectivity index (χ3v) is 2.27. The predicted octanol–water partition coefficient (Wildman–Crippen LogP) is 1.49. The van der Waals surface area contributed by atoms with Crippen LogP contribution in [0.4, 0.5) is 0 Å². The first kappa shape index (κ1) is 11.5. The molecule has 3 heteroatoms. The van der Waals surface area contributed by atoms with Crippen molar-refractivity contribution < 1.29 is 10.0 Å². The fourth-order valence-electron chi connectivity index (χ4n) is 1.62. The first-order chi connectivity index (χ1) is 6.74. The van der Waals surface area contributed by atoms with Crippen LogP contribution in [-0.2, 0) is 13.6 Å². The van der Waals surface area contributed by atoms with E-state index >= 15 is 0 Å². The third kappa shape index (κ3) is 2.92. The molecule has 0 aliphatic heterocycles. The number of nitrogens with zero attached hydrogens (tertiary/aromatic N) is 2. The molecule has 0 amide bonds. The Morgan fingerprint density at radius 3 is 2.73 bits per heavy atom. The van der Waals surface area contributed by atoms with E-state index in [0.29, 0.717) is 0 Å². The summed E-state index contributed by atoms with van der Waals surface area (Å²) in [6.07, 6.45) is 6.22. The molecule has 2 rings (SSSR count). The molecular formula is C12H16N2O. The van der Waals surface area contributed by atoms with Gasteiger partial charge in [0, 0.05) is 0 Å². The molecule has 0 saturated heterocycles. The molecule has 1 aromatic carbocycles. The topological polar surface area (TPSA) is 38.8 Å². The molecule has 0 bridgehead atoms. The number of rotatable bonds is 2. The lowest BCUT2D eigenvalue weighted by molar-refractivity contribution is -0.671. The Hall–Kier alpha value is -1.61. The lowest BCUT2D eigenvalue weighted by Gasteiger charge is -1.98. The molecule has 2 aromatic rings. The Morgan fingerprint density at radius 2 is 2.13 bits per heavy atom. The summed E-state index contributed by atoms with van der Waals surface area (Å²) < 4.78 is 4.23. The highest BCUT2D eigenvalue weighted by molar-refractivity contribution is 5.22. The molecule has 1 heterocycles. The Labute approximate surface area is 89.9 Å². The molecule has 0 unspecified atom stereocenters. The zero-order valence-electron chi connectivity index (χ0n) is 9.09. The Bertz CT molecular complexity index is 435. The van der Waals surface area contributed by atoms with Crippen molar-refractivity contribution in [3.05, 3.63) is 54.1 Å². The molecule has 0 fully saturated rings. The van der Waals surface area contributed by atoms with E-state index in [-0.39, 0.29) is 5.48 Å². The number of aromatic nitrogens is 2. The average molecular weight is 204 g/mol. The highest BCUT2D eigenvalue weighted by Gasteiger charge is 2.01. The van der Waals surface area contributed by atoms with Gasteiger partial charge in [-0.25, -0.2) is 9.13 Å². The number of hydrogen-bond acceptors (Lipinski definition) is 1. The maximum absolute atomic E-state index is 2.22. The van der Waals surface area contributed by atoms with Crippen LogP contribution in [0.2, 0.25) is 0 Å². The second-order valence-corrected chi connectivity index (χ2v) is 3.74. The fourth-order valence-corrected chi connectivity index (χ4v) is 1.62. The maximum atomic E-state index is 2.22. The lowest BCUT2D eigenvalue weighted by Crippen LogP contribution is -2.23. The van der Waals surface area contributed by atoms with Crippen molar-refractivity contribution in [1.82, 2.24) is 4.57 Å². The molecule has 15 heavy (non-hydrogen) atoms. The minimum Gasteiger partial charge on any atom is -0.870 e.